The van der Waals surface area contributed by atoms with Crippen LogP contribution in [-0.2, 0) is 6.54 Å². The molecule has 2 aliphatic rings. The number of benzene rings is 1. The van der Waals surface area contributed by atoms with Gasteiger partial charge in [-0.3, -0.25) is 0 Å². The highest BCUT2D eigenvalue weighted by atomic mass is 35.5. The first-order valence-corrected chi connectivity index (χ1v) is 7.58. The molecule has 1 aromatic carbocycles. The number of hydrogen-bond donors (Lipinski definition) is 1. The third-order valence-corrected chi connectivity index (χ3v) is 5.19. The molecule has 0 radical (unpaired) electrons. The van der Waals surface area contributed by atoms with Gasteiger partial charge in [-0.2, -0.15) is 0 Å². The highest BCUT2D eigenvalue weighted by molar-refractivity contribution is 6.30. The molecule has 4 unspecified atom stereocenters. The molecule has 2 fully saturated rings. The number of nitrogens with one attached hydrogen (secondary N) is 1. The lowest BCUT2D eigenvalue weighted by Crippen LogP contribution is -2.35. The lowest BCUT2D eigenvalue weighted by atomic mass is 9.84. The zero-order valence-electron chi connectivity index (χ0n) is 11.0. The van der Waals surface area contributed by atoms with E-state index in [-0.39, 0.29) is 0 Å². The summed E-state index contributed by atoms with van der Waals surface area (Å²) in [7, 11) is 0. The zero-order valence-corrected chi connectivity index (χ0v) is 11.8. The summed E-state index contributed by atoms with van der Waals surface area (Å²) in [5, 5.41) is 4.53. The van der Waals surface area contributed by atoms with Gasteiger partial charge in [-0.25, -0.2) is 0 Å². The van der Waals surface area contributed by atoms with Crippen molar-refractivity contribution in [2.24, 2.45) is 17.8 Å². The number of rotatable bonds is 4. The van der Waals surface area contributed by atoms with E-state index < -0.39 is 0 Å². The van der Waals surface area contributed by atoms with E-state index >= 15 is 0 Å². The Balaban J connectivity index is 1.54. The fraction of sp³-hybridized carbons (Fsp3) is 0.625. The number of fused-ring (bicyclic) bond motifs is 2. The van der Waals surface area contributed by atoms with E-state index in [1.807, 2.05) is 12.1 Å². The maximum Gasteiger partial charge on any atom is 0.0409 e. The quantitative estimate of drug-likeness (QED) is 0.856. The summed E-state index contributed by atoms with van der Waals surface area (Å²) in [6.07, 6.45) is 5.91. The van der Waals surface area contributed by atoms with Gasteiger partial charge in [0.05, 0.1) is 0 Å². The lowest BCUT2D eigenvalue weighted by molar-refractivity contribution is 0.259. The van der Waals surface area contributed by atoms with Gasteiger partial charge in [0.15, 0.2) is 0 Å². The molecule has 4 atom stereocenters. The summed E-state index contributed by atoms with van der Waals surface area (Å²) in [6, 6.07) is 8.81. The maximum absolute atomic E-state index is 6.01. The standard InChI is InChI=1S/C16H22ClN/c1-11(16-9-12-5-6-14(16)7-12)18-10-13-3-2-4-15(17)8-13/h2-4,8,11-12,14,16,18H,5-7,9-10H2,1H3. The van der Waals surface area contributed by atoms with Gasteiger partial charge in [0.25, 0.3) is 0 Å². The molecule has 2 bridgehead atoms. The van der Waals surface area contributed by atoms with Crippen LogP contribution in [0.1, 0.15) is 38.2 Å². The zero-order chi connectivity index (χ0) is 12.5. The highest BCUT2D eigenvalue weighted by Crippen LogP contribution is 2.49. The molecule has 1 nitrogen and oxygen atoms in total. The molecule has 3 rings (SSSR count). The SMILES string of the molecule is CC(NCc1cccc(Cl)c1)C1CC2CCC1C2. The monoisotopic (exact) mass is 263 g/mol. The van der Waals surface area contributed by atoms with Crippen LogP contribution in [0.15, 0.2) is 24.3 Å². The topological polar surface area (TPSA) is 12.0 Å². The van der Waals surface area contributed by atoms with Crippen molar-refractivity contribution in [1.82, 2.24) is 5.32 Å². The third-order valence-electron chi connectivity index (χ3n) is 4.95. The minimum atomic E-state index is 0.638. The fourth-order valence-corrected chi connectivity index (χ4v) is 4.20. The average molecular weight is 264 g/mol. The van der Waals surface area contributed by atoms with Crippen LogP contribution in [-0.4, -0.2) is 6.04 Å². The Kier molecular flexibility index (Phi) is 3.63. The maximum atomic E-state index is 6.01. The van der Waals surface area contributed by atoms with Crippen molar-refractivity contribution in [3.63, 3.8) is 0 Å². The Bertz CT molecular complexity index is 417. The molecule has 98 valence electrons. The first-order valence-electron chi connectivity index (χ1n) is 7.20. The minimum absolute atomic E-state index is 0.638. The Morgan fingerprint density at radius 2 is 2.22 bits per heavy atom. The Morgan fingerprint density at radius 1 is 1.33 bits per heavy atom. The Morgan fingerprint density at radius 3 is 2.89 bits per heavy atom. The van der Waals surface area contributed by atoms with Crippen LogP contribution < -0.4 is 5.32 Å². The molecule has 0 heterocycles. The van der Waals surface area contributed by atoms with E-state index in [0.29, 0.717) is 6.04 Å². The van der Waals surface area contributed by atoms with Gasteiger partial charge in [0, 0.05) is 17.6 Å². The van der Waals surface area contributed by atoms with Crippen LogP contribution in [0.3, 0.4) is 0 Å². The molecule has 0 aliphatic heterocycles. The summed E-state index contributed by atoms with van der Waals surface area (Å²) in [6.45, 7) is 3.30. The predicted molar refractivity (Wildman–Crippen MR) is 76.7 cm³/mol. The van der Waals surface area contributed by atoms with Gasteiger partial charge >= 0.3 is 0 Å². The molecule has 2 saturated carbocycles. The Hall–Kier alpha value is -0.530. The van der Waals surface area contributed by atoms with Crippen molar-refractivity contribution in [3.05, 3.63) is 34.9 Å². The van der Waals surface area contributed by atoms with Crippen LogP contribution in [0.5, 0.6) is 0 Å². The molecule has 0 amide bonds. The van der Waals surface area contributed by atoms with Gasteiger partial charge < -0.3 is 5.32 Å². The van der Waals surface area contributed by atoms with Crippen molar-refractivity contribution in [2.45, 2.75) is 45.2 Å². The molecule has 0 aromatic heterocycles. The van der Waals surface area contributed by atoms with Crippen LogP contribution in [0, 0.1) is 17.8 Å². The van der Waals surface area contributed by atoms with E-state index in [4.69, 9.17) is 11.6 Å². The molecule has 0 saturated heterocycles. The second-order valence-corrected chi connectivity index (χ2v) is 6.57. The summed E-state index contributed by atoms with van der Waals surface area (Å²) in [5.74, 6) is 2.94. The van der Waals surface area contributed by atoms with Crippen molar-refractivity contribution in [3.8, 4) is 0 Å². The van der Waals surface area contributed by atoms with E-state index in [2.05, 4.69) is 24.4 Å². The molecule has 2 heteroatoms. The summed E-state index contributed by atoms with van der Waals surface area (Å²) in [4.78, 5) is 0. The molecule has 1 aromatic rings. The molecule has 0 spiro atoms. The summed E-state index contributed by atoms with van der Waals surface area (Å²) >= 11 is 6.01. The van der Waals surface area contributed by atoms with Crippen LogP contribution in [0.25, 0.3) is 0 Å². The average Bonchev–Trinajstić information content (AvgIpc) is 2.98. The normalized spacial score (nSPS) is 31.8. The van der Waals surface area contributed by atoms with Gasteiger partial charge in [0.1, 0.15) is 0 Å². The minimum Gasteiger partial charge on any atom is -0.310 e. The van der Waals surface area contributed by atoms with Gasteiger partial charge in [-0.1, -0.05) is 30.2 Å². The lowest BCUT2D eigenvalue weighted by Gasteiger charge is -2.28. The summed E-state index contributed by atoms with van der Waals surface area (Å²) < 4.78 is 0. The van der Waals surface area contributed by atoms with Crippen LogP contribution in [0.2, 0.25) is 5.02 Å². The Labute approximate surface area is 115 Å². The highest BCUT2D eigenvalue weighted by Gasteiger charge is 2.41. The van der Waals surface area contributed by atoms with Crippen LogP contribution in [0.4, 0.5) is 0 Å². The smallest absolute Gasteiger partial charge is 0.0409 e. The number of hydrogen-bond acceptors (Lipinski definition) is 1. The molecular weight excluding hydrogens is 242 g/mol. The first kappa shape index (κ1) is 12.5. The van der Waals surface area contributed by atoms with Crippen molar-refractivity contribution in [2.75, 3.05) is 0 Å². The van der Waals surface area contributed by atoms with E-state index in [1.165, 1.54) is 31.2 Å². The molecular formula is C16H22ClN. The van der Waals surface area contributed by atoms with E-state index in [1.54, 1.807) is 0 Å². The fourth-order valence-electron chi connectivity index (χ4n) is 3.98. The van der Waals surface area contributed by atoms with Crippen LogP contribution >= 0.6 is 11.6 Å². The predicted octanol–water partition coefficient (Wildman–Crippen LogP) is 4.25. The molecule has 2 aliphatic carbocycles. The first-order chi connectivity index (χ1) is 8.72. The molecule has 18 heavy (non-hydrogen) atoms. The molecule has 1 N–H and O–H groups in total. The van der Waals surface area contributed by atoms with Crippen molar-refractivity contribution < 1.29 is 0 Å². The van der Waals surface area contributed by atoms with E-state index in [0.717, 1.165) is 29.3 Å². The summed E-state index contributed by atoms with van der Waals surface area (Å²) in [5.41, 5.74) is 1.29. The van der Waals surface area contributed by atoms with Gasteiger partial charge in [0.2, 0.25) is 0 Å². The second-order valence-electron chi connectivity index (χ2n) is 6.14. The second kappa shape index (κ2) is 5.22. The van der Waals surface area contributed by atoms with E-state index in [9.17, 15) is 0 Å². The largest absolute Gasteiger partial charge is 0.310 e. The van der Waals surface area contributed by atoms with Gasteiger partial charge in [-0.05, 0) is 61.6 Å². The number of halogens is 1. The van der Waals surface area contributed by atoms with Crippen molar-refractivity contribution in [1.29, 1.82) is 0 Å². The third kappa shape index (κ3) is 2.57. The van der Waals surface area contributed by atoms with Gasteiger partial charge in [-0.15, -0.1) is 0 Å². The van der Waals surface area contributed by atoms with Crippen molar-refractivity contribution >= 4 is 11.6 Å².